The van der Waals surface area contributed by atoms with E-state index in [1.54, 1.807) is 12.4 Å². The molecule has 2 aromatic rings. The van der Waals surface area contributed by atoms with Crippen molar-refractivity contribution in [2.24, 2.45) is 0 Å². The van der Waals surface area contributed by atoms with E-state index in [-0.39, 0.29) is 0 Å². The van der Waals surface area contributed by atoms with Gasteiger partial charge in [0, 0.05) is 16.2 Å². The van der Waals surface area contributed by atoms with E-state index in [1.807, 2.05) is 31.2 Å². The largest absolute Gasteiger partial charge is 0.492 e. The van der Waals surface area contributed by atoms with Crippen LogP contribution < -0.4 is 4.74 Å². The molecule has 3 nitrogen and oxygen atoms in total. The molecule has 1 aromatic heterocycles. The fourth-order valence-electron chi connectivity index (χ4n) is 1.86. The number of nitrogens with zero attached hydrogens (tertiary/aromatic N) is 1. The van der Waals surface area contributed by atoms with Crippen molar-refractivity contribution in [3.8, 4) is 5.75 Å². The number of aryl methyl sites for hydroxylation is 1. The average molecular weight is 336 g/mol. The Morgan fingerprint density at radius 3 is 2.75 bits per heavy atom. The van der Waals surface area contributed by atoms with Crippen molar-refractivity contribution in [1.82, 2.24) is 4.98 Å². The minimum atomic E-state index is -0.704. The number of hydrogen-bond acceptors (Lipinski definition) is 3. The Bertz CT molecular complexity index is 586. The predicted octanol–water partition coefficient (Wildman–Crippen LogP) is 4.02. The number of aliphatic hydroxyl groups excluding tert-OH is 1. The summed E-state index contributed by atoms with van der Waals surface area (Å²) in [6.45, 7) is 4.72. The first kappa shape index (κ1) is 15.0. The van der Waals surface area contributed by atoms with E-state index < -0.39 is 6.10 Å². The highest BCUT2D eigenvalue weighted by Gasteiger charge is 2.12. The van der Waals surface area contributed by atoms with Crippen LogP contribution in [0, 0.1) is 6.92 Å². The molecule has 0 spiro atoms. The fraction of sp³-hybridized carbons (Fsp3) is 0.312. The molecule has 0 aliphatic heterocycles. The molecule has 0 saturated heterocycles. The van der Waals surface area contributed by atoms with Gasteiger partial charge in [-0.2, -0.15) is 0 Å². The van der Waals surface area contributed by atoms with Gasteiger partial charge in [-0.1, -0.05) is 35.0 Å². The van der Waals surface area contributed by atoms with E-state index in [1.165, 1.54) is 0 Å². The molecule has 0 saturated carbocycles. The number of aliphatic hydroxyl groups is 1. The van der Waals surface area contributed by atoms with Gasteiger partial charge in [-0.05, 0) is 36.6 Å². The van der Waals surface area contributed by atoms with Crippen molar-refractivity contribution >= 4 is 15.9 Å². The molecular weight excluding hydrogens is 318 g/mol. The Hall–Kier alpha value is -1.39. The van der Waals surface area contributed by atoms with Gasteiger partial charge >= 0.3 is 0 Å². The molecule has 0 bridgehead atoms. The number of aromatic nitrogens is 1. The van der Waals surface area contributed by atoms with E-state index in [4.69, 9.17) is 4.74 Å². The monoisotopic (exact) mass is 335 g/mol. The van der Waals surface area contributed by atoms with E-state index in [9.17, 15) is 5.11 Å². The Morgan fingerprint density at radius 1 is 1.25 bits per heavy atom. The van der Waals surface area contributed by atoms with Crippen molar-refractivity contribution in [3.63, 3.8) is 0 Å². The van der Waals surface area contributed by atoms with Crippen molar-refractivity contribution in [2.45, 2.75) is 26.4 Å². The summed E-state index contributed by atoms with van der Waals surface area (Å²) in [5.41, 5.74) is 2.70. The standard InChI is InChI=1S/C16H18BrNO2/c1-3-6-20-14-7-13(9-18-10-14)16(19)12-5-4-11(2)15(17)8-12/h4-5,7-10,16,19H,3,6H2,1-2H3. The van der Waals surface area contributed by atoms with Crippen molar-refractivity contribution in [3.05, 3.63) is 57.8 Å². The molecule has 1 atom stereocenters. The average Bonchev–Trinajstić information content (AvgIpc) is 2.47. The van der Waals surface area contributed by atoms with Crippen LogP contribution in [-0.4, -0.2) is 16.7 Å². The Kier molecular flexibility index (Phi) is 5.15. The second kappa shape index (κ2) is 6.86. The molecule has 0 radical (unpaired) electrons. The summed E-state index contributed by atoms with van der Waals surface area (Å²) >= 11 is 3.48. The van der Waals surface area contributed by atoms with Crippen LogP contribution in [-0.2, 0) is 0 Å². The molecule has 0 amide bonds. The smallest absolute Gasteiger partial charge is 0.137 e. The molecular formula is C16H18BrNO2. The predicted molar refractivity (Wildman–Crippen MR) is 83.0 cm³/mol. The minimum Gasteiger partial charge on any atom is -0.492 e. The zero-order chi connectivity index (χ0) is 14.5. The summed E-state index contributed by atoms with van der Waals surface area (Å²) in [6.07, 6.45) is 3.57. The summed E-state index contributed by atoms with van der Waals surface area (Å²) in [5, 5.41) is 10.4. The minimum absolute atomic E-state index is 0.650. The maximum atomic E-state index is 10.4. The van der Waals surface area contributed by atoms with Crippen molar-refractivity contribution in [2.75, 3.05) is 6.61 Å². The number of benzene rings is 1. The molecule has 0 fully saturated rings. The highest BCUT2D eigenvalue weighted by Crippen LogP contribution is 2.27. The van der Waals surface area contributed by atoms with Crippen LogP contribution in [0.2, 0.25) is 0 Å². The second-order valence-corrected chi connectivity index (χ2v) is 5.57. The van der Waals surface area contributed by atoms with Gasteiger partial charge in [-0.25, -0.2) is 0 Å². The zero-order valence-corrected chi connectivity index (χ0v) is 13.2. The maximum Gasteiger partial charge on any atom is 0.137 e. The zero-order valence-electron chi connectivity index (χ0n) is 11.6. The highest BCUT2D eigenvalue weighted by molar-refractivity contribution is 9.10. The second-order valence-electron chi connectivity index (χ2n) is 4.71. The van der Waals surface area contributed by atoms with Crippen LogP contribution in [0.3, 0.4) is 0 Å². The summed E-state index contributed by atoms with van der Waals surface area (Å²) in [4.78, 5) is 4.13. The van der Waals surface area contributed by atoms with Gasteiger partial charge in [0.1, 0.15) is 11.9 Å². The molecule has 0 aliphatic rings. The van der Waals surface area contributed by atoms with Gasteiger partial charge in [-0.3, -0.25) is 4.98 Å². The quantitative estimate of drug-likeness (QED) is 0.897. The van der Waals surface area contributed by atoms with Crippen LogP contribution in [0.4, 0.5) is 0 Å². The first-order chi connectivity index (χ1) is 9.61. The van der Waals surface area contributed by atoms with Crippen molar-refractivity contribution in [1.29, 1.82) is 0 Å². The van der Waals surface area contributed by atoms with Crippen LogP contribution in [0.1, 0.15) is 36.1 Å². The van der Waals surface area contributed by atoms with Gasteiger partial charge < -0.3 is 9.84 Å². The van der Waals surface area contributed by atoms with Gasteiger partial charge in [-0.15, -0.1) is 0 Å². The van der Waals surface area contributed by atoms with Gasteiger partial charge in [0.25, 0.3) is 0 Å². The lowest BCUT2D eigenvalue weighted by atomic mass is 10.0. The number of hydrogen-bond donors (Lipinski definition) is 1. The van der Waals surface area contributed by atoms with Gasteiger partial charge in [0.2, 0.25) is 0 Å². The lowest BCUT2D eigenvalue weighted by Gasteiger charge is -2.13. The molecule has 1 N–H and O–H groups in total. The Morgan fingerprint density at radius 2 is 2.05 bits per heavy atom. The molecule has 20 heavy (non-hydrogen) atoms. The summed E-state index contributed by atoms with van der Waals surface area (Å²) < 4.78 is 6.53. The molecule has 1 unspecified atom stereocenters. The number of ether oxygens (including phenoxy) is 1. The van der Waals surface area contributed by atoms with Gasteiger partial charge in [0.05, 0.1) is 12.8 Å². The summed E-state index contributed by atoms with van der Waals surface area (Å²) in [5.74, 6) is 0.689. The fourth-order valence-corrected chi connectivity index (χ4v) is 2.25. The van der Waals surface area contributed by atoms with E-state index in [0.29, 0.717) is 12.4 Å². The van der Waals surface area contributed by atoms with E-state index in [2.05, 4.69) is 27.8 Å². The molecule has 1 aromatic carbocycles. The normalized spacial score (nSPS) is 12.2. The first-order valence-corrected chi connectivity index (χ1v) is 7.43. The molecule has 0 aliphatic carbocycles. The lowest BCUT2D eigenvalue weighted by Crippen LogP contribution is -2.02. The highest BCUT2D eigenvalue weighted by atomic mass is 79.9. The Balaban J connectivity index is 2.23. The number of pyridine rings is 1. The SMILES string of the molecule is CCCOc1cncc(C(O)c2ccc(C)c(Br)c2)c1. The number of rotatable bonds is 5. The van der Waals surface area contributed by atoms with E-state index >= 15 is 0 Å². The Labute approximate surface area is 127 Å². The third kappa shape index (κ3) is 3.58. The van der Waals surface area contributed by atoms with Crippen LogP contribution in [0.15, 0.2) is 41.1 Å². The van der Waals surface area contributed by atoms with Crippen molar-refractivity contribution < 1.29 is 9.84 Å². The van der Waals surface area contributed by atoms with Gasteiger partial charge in [0.15, 0.2) is 0 Å². The van der Waals surface area contributed by atoms with Crippen LogP contribution >= 0.6 is 15.9 Å². The third-order valence-corrected chi connectivity index (χ3v) is 3.89. The summed E-state index contributed by atoms with van der Waals surface area (Å²) in [7, 11) is 0. The lowest BCUT2D eigenvalue weighted by molar-refractivity contribution is 0.218. The molecule has 1 heterocycles. The topological polar surface area (TPSA) is 42.4 Å². The van der Waals surface area contributed by atoms with Crippen LogP contribution in [0.5, 0.6) is 5.75 Å². The molecule has 2 rings (SSSR count). The number of halogens is 1. The van der Waals surface area contributed by atoms with E-state index in [0.717, 1.165) is 27.6 Å². The first-order valence-electron chi connectivity index (χ1n) is 6.63. The molecule has 106 valence electrons. The molecule has 4 heteroatoms. The summed E-state index contributed by atoms with van der Waals surface area (Å²) in [6, 6.07) is 7.67. The maximum absolute atomic E-state index is 10.4. The van der Waals surface area contributed by atoms with Crippen LogP contribution in [0.25, 0.3) is 0 Å². The third-order valence-electron chi connectivity index (χ3n) is 3.03.